The Kier molecular flexibility index (Phi) is 2.34. The minimum atomic E-state index is 0.342. The van der Waals surface area contributed by atoms with Crippen molar-refractivity contribution in [3.63, 3.8) is 0 Å². The van der Waals surface area contributed by atoms with E-state index in [1.165, 1.54) is 20.9 Å². The molecular weight excluding hydrogens is 320 g/mol. The Balaban J connectivity index is 2.31. The molecule has 1 aromatic heterocycles. The third-order valence-electron chi connectivity index (χ3n) is 3.41. The number of phenols is 1. The van der Waals surface area contributed by atoms with Crippen LogP contribution in [-0.4, -0.2) is 5.11 Å². The third-order valence-corrected chi connectivity index (χ3v) is 5.14. The summed E-state index contributed by atoms with van der Waals surface area (Å²) in [4.78, 5) is 0. The fourth-order valence-electron chi connectivity index (χ4n) is 2.55. The molecule has 0 radical (unpaired) electrons. The van der Waals surface area contributed by atoms with E-state index >= 15 is 0 Å². The van der Waals surface area contributed by atoms with Crippen LogP contribution < -0.4 is 0 Å². The number of rotatable bonds is 0. The zero-order valence-corrected chi connectivity index (χ0v) is 12.3. The average Bonchev–Trinajstić information content (AvgIpc) is 2.78. The van der Waals surface area contributed by atoms with E-state index in [2.05, 4.69) is 58.4 Å². The minimum Gasteiger partial charge on any atom is -0.506 e. The molecule has 0 aliphatic carbocycles. The number of benzene rings is 3. The van der Waals surface area contributed by atoms with Crippen LogP contribution >= 0.6 is 27.3 Å². The van der Waals surface area contributed by atoms with Crippen LogP contribution in [0.3, 0.4) is 0 Å². The van der Waals surface area contributed by atoms with Crippen molar-refractivity contribution in [1.29, 1.82) is 0 Å². The fourth-order valence-corrected chi connectivity index (χ4v) is 4.23. The van der Waals surface area contributed by atoms with Gasteiger partial charge in [0.2, 0.25) is 0 Å². The van der Waals surface area contributed by atoms with Gasteiger partial charge in [-0.15, -0.1) is 11.3 Å². The van der Waals surface area contributed by atoms with Gasteiger partial charge in [0.1, 0.15) is 5.75 Å². The van der Waals surface area contributed by atoms with Crippen molar-refractivity contribution < 1.29 is 5.11 Å². The summed E-state index contributed by atoms with van der Waals surface area (Å²) >= 11 is 5.10. The van der Waals surface area contributed by atoms with Gasteiger partial charge in [0.15, 0.2) is 0 Å². The molecule has 4 aromatic rings. The lowest BCUT2D eigenvalue weighted by Crippen LogP contribution is -1.72. The summed E-state index contributed by atoms with van der Waals surface area (Å²) in [5, 5.41) is 14.9. The summed E-state index contributed by atoms with van der Waals surface area (Å²) in [6, 6.07) is 16.5. The van der Waals surface area contributed by atoms with Crippen molar-refractivity contribution >= 4 is 58.2 Å². The molecule has 3 aromatic carbocycles. The Hall–Kier alpha value is -1.58. The Labute approximate surface area is 122 Å². The number of halogens is 1. The molecule has 1 nitrogen and oxygen atoms in total. The number of hydrogen-bond donors (Lipinski definition) is 1. The number of aromatic hydroxyl groups is 1. The van der Waals surface area contributed by atoms with E-state index in [-0.39, 0.29) is 0 Å². The molecule has 1 heterocycles. The Morgan fingerprint density at radius 2 is 1.68 bits per heavy atom. The van der Waals surface area contributed by atoms with Gasteiger partial charge in [-0.25, -0.2) is 0 Å². The lowest BCUT2D eigenvalue weighted by Gasteiger charge is -1.99. The van der Waals surface area contributed by atoms with Crippen LogP contribution in [0.4, 0.5) is 0 Å². The van der Waals surface area contributed by atoms with Gasteiger partial charge >= 0.3 is 0 Å². The standard InChI is InChI=1S/C16H9BrOS/c17-10-7-13-12-6-5-9-3-1-2-4-11(9)15(12)19-16(13)14(18)8-10/h1-8,18H. The number of phenolic OH excluding ortho intramolecular Hbond substituents is 1. The van der Waals surface area contributed by atoms with Crippen molar-refractivity contribution in [3.05, 3.63) is 53.0 Å². The molecule has 0 saturated heterocycles. The quantitative estimate of drug-likeness (QED) is 0.440. The number of fused-ring (bicyclic) bond motifs is 5. The van der Waals surface area contributed by atoms with Gasteiger partial charge < -0.3 is 5.11 Å². The predicted molar refractivity (Wildman–Crippen MR) is 86.2 cm³/mol. The molecule has 4 rings (SSSR count). The van der Waals surface area contributed by atoms with Gasteiger partial charge in [0, 0.05) is 19.9 Å². The second-order valence-corrected chi connectivity index (χ2v) is 6.50. The zero-order chi connectivity index (χ0) is 13.0. The first-order chi connectivity index (χ1) is 9.24. The van der Waals surface area contributed by atoms with E-state index in [0.717, 1.165) is 14.6 Å². The Morgan fingerprint density at radius 1 is 0.842 bits per heavy atom. The van der Waals surface area contributed by atoms with Gasteiger partial charge in [-0.1, -0.05) is 52.3 Å². The maximum Gasteiger partial charge on any atom is 0.134 e. The van der Waals surface area contributed by atoms with Crippen molar-refractivity contribution in [2.24, 2.45) is 0 Å². The second-order valence-electron chi connectivity index (χ2n) is 4.57. The van der Waals surface area contributed by atoms with Crippen molar-refractivity contribution in [3.8, 4) is 5.75 Å². The summed E-state index contributed by atoms with van der Waals surface area (Å²) in [5.74, 6) is 0.342. The predicted octanol–water partition coefficient (Wildman–Crippen LogP) is 5.68. The van der Waals surface area contributed by atoms with E-state index in [9.17, 15) is 5.11 Å². The molecule has 92 valence electrons. The van der Waals surface area contributed by atoms with Gasteiger partial charge in [-0.3, -0.25) is 0 Å². The van der Waals surface area contributed by atoms with E-state index in [4.69, 9.17) is 0 Å². The highest BCUT2D eigenvalue weighted by atomic mass is 79.9. The van der Waals surface area contributed by atoms with E-state index in [0.29, 0.717) is 5.75 Å². The molecule has 0 fully saturated rings. The molecule has 3 heteroatoms. The van der Waals surface area contributed by atoms with E-state index in [1.54, 1.807) is 17.4 Å². The molecular formula is C16H9BrOS. The van der Waals surface area contributed by atoms with Gasteiger partial charge in [0.25, 0.3) is 0 Å². The van der Waals surface area contributed by atoms with Crippen molar-refractivity contribution in [2.75, 3.05) is 0 Å². The second kappa shape index (κ2) is 3.95. The number of thiophene rings is 1. The summed E-state index contributed by atoms with van der Waals surface area (Å²) in [7, 11) is 0. The molecule has 0 atom stereocenters. The van der Waals surface area contributed by atoms with Crippen LogP contribution in [0.1, 0.15) is 0 Å². The fraction of sp³-hybridized carbons (Fsp3) is 0. The summed E-state index contributed by atoms with van der Waals surface area (Å²) < 4.78 is 3.10. The van der Waals surface area contributed by atoms with Crippen LogP contribution in [0, 0.1) is 0 Å². The smallest absolute Gasteiger partial charge is 0.134 e. The highest BCUT2D eigenvalue weighted by Gasteiger charge is 2.11. The first-order valence-electron chi connectivity index (χ1n) is 5.96. The van der Waals surface area contributed by atoms with Crippen LogP contribution in [0.25, 0.3) is 30.9 Å². The van der Waals surface area contributed by atoms with Crippen molar-refractivity contribution in [2.45, 2.75) is 0 Å². The monoisotopic (exact) mass is 328 g/mol. The molecule has 0 aliphatic rings. The lowest BCUT2D eigenvalue weighted by molar-refractivity contribution is 0.482. The zero-order valence-electron chi connectivity index (χ0n) is 9.85. The highest BCUT2D eigenvalue weighted by Crippen LogP contribution is 2.43. The SMILES string of the molecule is Oc1cc(Br)cc2c1sc1c3ccccc3ccc21. The molecule has 0 unspecified atom stereocenters. The number of hydrogen-bond acceptors (Lipinski definition) is 2. The Bertz CT molecular complexity index is 940. The maximum atomic E-state index is 10.1. The first kappa shape index (κ1) is 11.3. The summed E-state index contributed by atoms with van der Waals surface area (Å²) in [6.07, 6.45) is 0. The molecule has 0 aliphatic heterocycles. The average molecular weight is 329 g/mol. The topological polar surface area (TPSA) is 20.2 Å². The molecule has 0 spiro atoms. The van der Waals surface area contributed by atoms with Crippen LogP contribution in [0.15, 0.2) is 53.0 Å². The largest absolute Gasteiger partial charge is 0.506 e. The van der Waals surface area contributed by atoms with Gasteiger partial charge in [-0.2, -0.15) is 0 Å². The molecule has 1 N–H and O–H groups in total. The molecule has 0 bridgehead atoms. The van der Waals surface area contributed by atoms with Crippen LogP contribution in [0.5, 0.6) is 5.75 Å². The molecule has 19 heavy (non-hydrogen) atoms. The van der Waals surface area contributed by atoms with Crippen LogP contribution in [0.2, 0.25) is 0 Å². The first-order valence-corrected chi connectivity index (χ1v) is 7.57. The van der Waals surface area contributed by atoms with Crippen molar-refractivity contribution in [1.82, 2.24) is 0 Å². The van der Waals surface area contributed by atoms with E-state index in [1.807, 2.05) is 0 Å². The van der Waals surface area contributed by atoms with Crippen LogP contribution in [-0.2, 0) is 0 Å². The molecule has 0 saturated carbocycles. The summed E-state index contributed by atoms with van der Waals surface area (Å²) in [6.45, 7) is 0. The normalized spacial score (nSPS) is 11.6. The highest BCUT2D eigenvalue weighted by molar-refractivity contribution is 9.10. The van der Waals surface area contributed by atoms with Gasteiger partial charge in [0.05, 0.1) is 4.70 Å². The molecule has 0 amide bonds. The lowest BCUT2D eigenvalue weighted by atomic mass is 10.1. The Morgan fingerprint density at radius 3 is 2.58 bits per heavy atom. The third kappa shape index (κ3) is 1.58. The summed E-state index contributed by atoms with van der Waals surface area (Å²) in [5.41, 5.74) is 0. The minimum absolute atomic E-state index is 0.342. The van der Waals surface area contributed by atoms with E-state index < -0.39 is 0 Å². The maximum absolute atomic E-state index is 10.1. The van der Waals surface area contributed by atoms with Gasteiger partial charge in [-0.05, 0) is 22.9 Å².